The Morgan fingerprint density at radius 3 is 2.36 bits per heavy atom. The van der Waals surface area contributed by atoms with Crippen molar-refractivity contribution in [3.05, 3.63) is 47.3 Å². The van der Waals surface area contributed by atoms with Crippen LogP contribution in [0, 0.1) is 13.8 Å². The topological polar surface area (TPSA) is 48.3 Å². The third-order valence-electron chi connectivity index (χ3n) is 6.56. The monoisotopic (exact) mass is 568 g/mol. The highest BCUT2D eigenvalue weighted by atomic mass is 127. The van der Waals surface area contributed by atoms with Crippen molar-refractivity contribution < 1.29 is 4.74 Å². The lowest BCUT2D eigenvalue weighted by Gasteiger charge is -2.37. The molecule has 1 saturated heterocycles. The van der Waals surface area contributed by atoms with Crippen LogP contribution in [0.1, 0.15) is 23.9 Å². The van der Waals surface area contributed by atoms with Gasteiger partial charge in [-0.25, -0.2) is 0 Å². The highest BCUT2D eigenvalue weighted by molar-refractivity contribution is 14.0. The standard InChI is InChI=1S/C25H40N6O.HI/c1-19-16-22(21(3)31(19)23-8-10-24(32-7)11-9-23)18-29(6)25(26-4)27-17-20(2)30-14-12-28(5)13-15-30;/h8-11,16,20H,12-15,17-18H2,1-7H3,(H,26,27);1H. The molecule has 33 heavy (non-hydrogen) atoms. The number of nitrogens with one attached hydrogen (secondary N) is 1. The molecule has 7 nitrogen and oxygen atoms in total. The van der Waals surface area contributed by atoms with Gasteiger partial charge in [-0.2, -0.15) is 0 Å². The molecule has 1 aliphatic rings. The number of ether oxygens (including phenoxy) is 1. The van der Waals surface area contributed by atoms with E-state index < -0.39 is 0 Å². The van der Waals surface area contributed by atoms with Crippen molar-refractivity contribution in [1.82, 2.24) is 24.6 Å². The number of guanidine groups is 1. The van der Waals surface area contributed by atoms with Gasteiger partial charge >= 0.3 is 0 Å². The van der Waals surface area contributed by atoms with Gasteiger partial charge in [-0.1, -0.05) is 0 Å². The molecule has 0 radical (unpaired) electrons. The molecule has 0 aliphatic carbocycles. The van der Waals surface area contributed by atoms with E-state index in [1.807, 2.05) is 19.2 Å². The molecule has 0 saturated carbocycles. The molecule has 1 aliphatic heterocycles. The molecule has 0 amide bonds. The summed E-state index contributed by atoms with van der Waals surface area (Å²) in [7, 11) is 7.86. The molecular weight excluding hydrogens is 527 g/mol. The number of aryl methyl sites for hydroxylation is 1. The summed E-state index contributed by atoms with van der Waals surface area (Å²) in [5.41, 5.74) is 4.93. The zero-order chi connectivity index (χ0) is 23.3. The maximum atomic E-state index is 5.30. The zero-order valence-electron chi connectivity index (χ0n) is 21.3. The second-order valence-electron chi connectivity index (χ2n) is 8.90. The minimum Gasteiger partial charge on any atom is -0.497 e. The molecule has 0 bridgehead atoms. The highest BCUT2D eigenvalue weighted by Gasteiger charge is 2.20. The van der Waals surface area contributed by atoms with E-state index >= 15 is 0 Å². The van der Waals surface area contributed by atoms with Gasteiger partial charge in [0.05, 0.1) is 7.11 Å². The third-order valence-corrected chi connectivity index (χ3v) is 6.56. The Balaban J connectivity index is 0.00000385. The van der Waals surface area contributed by atoms with E-state index in [0.29, 0.717) is 6.04 Å². The van der Waals surface area contributed by atoms with Crippen LogP contribution in [0.2, 0.25) is 0 Å². The Hall–Kier alpha value is -1.78. The van der Waals surface area contributed by atoms with Gasteiger partial charge < -0.3 is 24.4 Å². The van der Waals surface area contributed by atoms with Gasteiger partial charge in [-0.15, -0.1) is 24.0 Å². The van der Waals surface area contributed by atoms with Crippen molar-refractivity contribution in [1.29, 1.82) is 0 Å². The number of hydrogen-bond acceptors (Lipinski definition) is 4. The van der Waals surface area contributed by atoms with Crippen LogP contribution in [0.15, 0.2) is 35.3 Å². The van der Waals surface area contributed by atoms with E-state index in [4.69, 9.17) is 4.74 Å². The van der Waals surface area contributed by atoms with Crippen LogP contribution >= 0.6 is 24.0 Å². The second-order valence-corrected chi connectivity index (χ2v) is 8.90. The largest absolute Gasteiger partial charge is 0.497 e. The molecule has 1 fully saturated rings. The normalized spacial score (nSPS) is 16.3. The fourth-order valence-electron chi connectivity index (χ4n) is 4.46. The lowest BCUT2D eigenvalue weighted by atomic mass is 10.2. The van der Waals surface area contributed by atoms with Crippen LogP contribution in [0.3, 0.4) is 0 Å². The van der Waals surface area contributed by atoms with Crippen LogP contribution in [-0.2, 0) is 6.54 Å². The van der Waals surface area contributed by atoms with Crippen LogP contribution in [0.5, 0.6) is 5.75 Å². The summed E-state index contributed by atoms with van der Waals surface area (Å²) in [4.78, 5) is 11.7. The van der Waals surface area contributed by atoms with Crippen molar-refractivity contribution in [2.45, 2.75) is 33.4 Å². The fourth-order valence-corrected chi connectivity index (χ4v) is 4.46. The number of halogens is 1. The number of aromatic nitrogens is 1. The van der Waals surface area contributed by atoms with Crippen molar-refractivity contribution >= 4 is 29.9 Å². The minimum absolute atomic E-state index is 0. The maximum Gasteiger partial charge on any atom is 0.193 e. The van der Waals surface area contributed by atoms with Crippen molar-refractivity contribution in [2.24, 2.45) is 4.99 Å². The van der Waals surface area contributed by atoms with Crippen molar-refractivity contribution in [3.63, 3.8) is 0 Å². The Morgan fingerprint density at radius 2 is 1.79 bits per heavy atom. The van der Waals surface area contributed by atoms with Crippen LogP contribution in [0.25, 0.3) is 5.69 Å². The first-order valence-electron chi connectivity index (χ1n) is 11.5. The van der Waals surface area contributed by atoms with E-state index in [1.165, 1.54) is 17.0 Å². The summed E-state index contributed by atoms with van der Waals surface area (Å²) in [5.74, 6) is 1.80. The number of likely N-dealkylation sites (N-methyl/N-ethyl adjacent to an activating group) is 1. The molecule has 1 unspecified atom stereocenters. The number of aliphatic imine (C=N–C) groups is 1. The van der Waals surface area contributed by atoms with Crippen molar-refractivity contribution in [2.75, 3.05) is 61.0 Å². The van der Waals surface area contributed by atoms with Crippen molar-refractivity contribution in [3.8, 4) is 11.4 Å². The fraction of sp³-hybridized carbons (Fsp3) is 0.560. The lowest BCUT2D eigenvalue weighted by molar-refractivity contribution is 0.119. The minimum atomic E-state index is 0. The molecule has 1 aromatic heterocycles. The number of piperazine rings is 1. The summed E-state index contributed by atoms with van der Waals surface area (Å²) in [6.45, 7) is 12.9. The molecule has 1 aromatic carbocycles. The molecule has 1 N–H and O–H groups in total. The van der Waals surface area contributed by atoms with E-state index in [0.717, 1.165) is 56.7 Å². The SMILES string of the molecule is CN=C(NCC(C)N1CCN(C)CC1)N(C)Cc1cc(C)n(-c2ccc(OC)cc2)c1C.I. The Bertz CT molecular complexity index is 902. The average molecular weight is 569 g/mol. The molecule has 184 valence electrons. The Labute approximate surface area is 216 Å². The van der Waals surface area contributed by atoms with Gasteiger partial charge in [0.2, 0.25) is 0 Å². The number of methoxy groups -OCH3 is 1. The summed E-state index contributed by atoms with van der Waals surface area (Å²) < 4.78 is 7.60. The molecule has 3 rings (SSSR count). The number of nitrogens with zero attached hydrogens (tertiary/aromatic N) is 5. The lowest BCUT2D eigenvalue weighted by Crippen LogP contribution is -2.52. The molecular formula is C25H41IN6O. The highest BCUT2D eigenvalue weighted by Crippen LogP contribution is 2.23. The van der Waals surface area contributed by atoms with Gasteiger partial charge in [0.1, 0.15) is 5.75 Å². The molecule has 1 atom stereocenters. The molecule has 0 spiro atoms. The van der Waals surface area contributed by atoms with E-state index in [-0.39, 0.29) is 24.0 Å². The first-order chi connectivity index (χ1) is 15.3. The number of rotatable bonds is 7. The molecule has 2 heterocycles. The summed E-state index contributed by atoms with van der Waals surface area (Å²) in [6, 6.07) is 11.0. The van der Waals surface area contributed by atoms with Gasteiger partial charge in [0.15, 0.2) is 5.96 Å². The Morgan fingerprint density at radius 1 is 1.15 bits per heavy atom. The van der Waals surface area contributed by atoms with E-state index in [2.05, 4.69) is 82.6 Å². The average Bonchev–Trinajstić information content (AvgIpc) is 3.07. The second kappa shape index (κ2) is 12.6. The van der Waals surface area contributed by atoms with Gasteiger partial charge in [0, 0.05) is 76.5 Å². The third kappa shape index (κ3) is 6.86. The van der Waals surface area contributed by atoms with E-state index in [1.54, 1.807) is 7.11 Å². The number of hydrogen-bond donors (Lipinski definition) is 1. The van der Waals surface area contributed by atoms with Crippen LogP contribution in [0.4, 0.5) is 0 Å². The smallest absolute Gasteiger partial charge is 0.193 e. The van der Waals surface area contributed by atoms with Crippen LogP contribution in [-0.4, -0.2) is 92.2 Å². The van der Waals surface area contributed by atoms with Gasteiger partial charge in [-0.05, 0) is 63.7 Å². The predicted octanol–water partition coefficient (Wildman–Crippen LogP) is 3.36. The first kappa shape index (κ1) is 27.5. The Kier molecular flexibility index (Phi) is 10.5. The summed E-state index contributed by atoms with van der Waals surface area (Å²) in [6.07, 6.45) is 0. The first-order valence-corrected chi connectivity index (χ1v) is 11.5. The number of benzene rings is 1. The predicted molar refractivity (Wildman–Crippen MR) is 149 cm³/mol. The zero-order valence-corrected chi connectivity index (χ0v) is 23.6. The van der Waals surface area contributed by atoms with Gasteiger partial charge in [0.25, 0.3) is 0 Å². The summed E-state index contributed by atoms with van der Waals surface area (Å²) >= 11 is 0. The maximum absolute atomic E-state index is 5.30. The summed E-state index contributed by atoms with van der Waals surface area (Å²) in [5, 5.41) is 3.58. The van der Waals surface area contributed by atoms with Crippen LogP contribution < -0.4 is 10.1 Å². The molecule has 8 heteroatoms. The van der Waals surface area contributed by atoms with Gasteiger partial charge in [-0.3, -0.25) is 9.89 Å². The molecule has 2 aromatic rings. The quantitative estimate of drug-likeness (QED) is 0.316. The van der Waals surface area contributed by atoms with E-state index in [9.17, 15) is 0 Å².